The highest BCUT2D eigenvalue weighted by atomic mass is 16.4. The first-order valence-electron chi connectivity index (χ1n) is 5.88. The molecule has 5 nitrogen and oxygen atoms in total. The van der Waals surface area contributed by atoms with Crippen LogP contribution in [0.3, 0.4) is 0 Å². The lowest BCUT2D eigenvalue weighted by Gasteiger charge is -2.20. The minimum atomic E-state index is -0.903. The predicted octanol–water partition coefficient (Wildman–Crippen LogP) is 1.44. The van der Waals surface area contributed by atoms with E-state index in [4.69, 9.17) is 5.11 Å². The van der Waals surface area contributed by atoms with Crippen molar-refractivity contribution in [3.05, 3.63) is 29.6 Å². The molecule has 1 unspecified atom stereocenters. The molecule has 0 aliphatic heterocycles. The van der Waals surface area contributed by atoms with E-state index in [-0.39, 0.29) is 12.5 Å². The summed E-state index contributed by atoms with van der Waals surface area (Å²) >= 11 is 0. The average molecular weight is 250 g/mol. The van der Waals surface area contributed by atoms with Gasteiger partial charge in [-0.25, -0.2) is 0 Å². The molecular formula is C13H18N2O3. The van der Waals surface area contributed by atoms with E-state index in [0.717, 1.165) is 12.0 Å². The molecule has 0 fully saturated rings. The third-order valence-electron chi connectivity index (χ3n) is 2.83. The van der Waals surface area contributed by atoms with Gasteiger partial charge in [-0.15, -0.1) is 0 Å². The third-order valence-corrected chi connectivity index (χ3v) is 2.83. The van der Waals surface area contributed by atoms with Gasteiger partial charge in [-0.05, 0) is 18.1 Å². The first-order chi connectivity index (χ1) is 8.47. The molecule has 1 rings (SSSR count). The number of aryl methyl sites for hydroxylation is 1. The molecule has 5 heteroatoms. The Morgan fingerprint density at radius 2 is 2.17 bits per heavy atom. The van der Waals surface area contributed by atoms with Gasteiger partial charge in [0.1, 0.15) is 0 Å². The van der Waals surface area contributed by atoms with Crippen molar-refractivity contribution in [2.24, 2.45) is 5.92 Å². The van der Waals surface area contributed by atoms with E-state index in [1.165, 1.54) is 4.90 Å². The maximum absolute atomic E-state index is 12.2. The summed E-state index contributed by atoms with van der Waals surface area (Å²) in [5, 5.41) is 8.84. The van der Waals surface area contributed by atoms with Gasteiger partial charge in [0.05, 0.1) is 5.92 Å². The summed E-state index contributed by atoms with van der Waals surface area (Å²) < 4.78 is 0. The van der Waals surface area contributed by atoms with Crippen molar-refractivity contribution in [1.82, 2.24) is 9.88 Å². The Hall–Kier alpha value is -1.91. The molecule has 98 valence electrons. The van der Waals surface area contributed by atoms with Crippen molar-refractivity contribution >= 4 is 11.9 Å². The second kappa shape index (κ2) is 6.14. The molecule has 1 heterocycles. The molecule has 0 aliphatic rings. The number of aliphatic carboxylic acids is 1. The lowest BCUT2D eigenvalue weighted by atomic mass is 10.1. The zero-order valence-electron chi connectivity index (χ0n) is 10.9. The van der Waals surface area contributed by atoms with E-state index in [2.05, 4.69) is 4.98 Å². The largest absolute Gasteiger partial charge is 0.481 e. The molecule has 1 N–H and O–H groups in total. The smallest absolute Gasteiger partial charge is 0.308 e. The lowest BCUT2D eigenvalue weighted by Crippen LogP contribution is -2.34. The van der Waals surface area contributed by atoms with E-state index >= 15 is 0 Å². The van der Waals surface area contributed by atoms with Crippen LogP contribution in [0.25, 0.3) is 0 Å². The Labute approximate surface area is 106 Å². The normalized spacial score (nSPS) is 11.9. The second-order valence-corrected chi connectivity index (χ2v) is 4.31. The zero-order chi connectivity index (χ0) is 13.7. The molecule has 0 aliphatic carbocycles. The van der Waals surface area contributed by atoms with Crippen LogP contribution in [0.5, 0.6) is 0 Å². The first-order valence-corrected chi connectivity index (χ1v) is 5.88. The van der Waals surface area contributed by atoms with Crippen LogP contribution in [-0.4, -0.2) is 40.5 Å². The van der Waals surface area contributed by atoms with E-state index < -0.39 is 11.9 Å². The first kappa shape index (κ1) is 14.2. The summed E-state index contributed by atoms with van der Waals surface area (Å²) in [5.41, 5.74) is 1.46. The SMILES string of the molecule is CCc1cnccc1C(=O)N(C)CC(C)C(=O)O. The van der Waals surface area contributed by atoms with Crippen molar-refractivity contribution < 1.29 is 14.7 Å². The molecule has 0 saturated heterocycles. The summed E-state index contributed by atoms with van der Waals surface area (Å²) in [6.45, 7) is 3.73. The topological polar surface area (TPSA) is 70.5 Å². The van der Waals surface area contributed by atoms with Crippen LogP contribution in [0.2, 0.25) is 0 Å². The second-order valence-electron chi connectivity index (χ2n) is 4.31. The highest BCUT2D eigenvalue weighted by Crippen LogP contribution is 2.11. The van der Waals surface area contributed by atoms with Gasteiger partial charge >= 0.3 is 5.97 Å². The standard InChI is InChI=1S/C13H18N2O3/c1-4-10-7-14-6-5-11(10)12(16)15(3)8-9(2)13(17)18/h5-7,9H,4,8H2,1-3H3,(H,17,18). The molecule has 0 spiro atoms. The van der Waals surface area contributed by atoms with Crippen LogP contribution < -0.4 is 0 Å². The summed E-state index contributed by atoms with van der Waals surface area (Å²) in [4.78, 5) is 28.4. The maximum Gasteiger partial charge on any atom is 0.308 e. The molecule has 1 amide bonds. The number of pyridine rings is 1. The number of carbonyl (C=O) groups excluding carboxylic acids is 1. The molecule has 1 aromatic rings. The van der Waals surface area contributed by atoms with E-state index in [0.29, 0.717) is 5.56 Å². The molecule has 1 atom stereocenters. The number of aromatic nitrogens is 1. The van der Waals surface area contributed by atoms with Crippen LogP contribution in [0.4, 0.5) is 0 Å². The van der Waals surface area contributed by atoms with Crippen molar-refractivity contribution in [3.63, 3.8) is 0 Å². The zero-order valence-corrected chi connectivity index (χ0v) is 10.9. The van der Waals surface area contributed by atoms with Crippen molar-refractivity contribution in [3.8, 4) is 0 Å². The Balaban J connectivity index is 2.83. The molecule has 1 aromatic heterocycles. The number of carbonyl (C=O) groups is 2. The number of carboxylic acids is 1. The Morgan fingerprint density at radius 3 is 2.72 bits per heavy atom. The van der Waals surface area contributed by atoms with Gasteiger partial charge in [0, 0.05) is 31.5 Å². The summed E-state index contributed by atoms with van der Waals surface area (Å²) in [6.07, 6.45) is 3.96. The van der Waals surface area contributed by atoms with Crippen LogP contribution >= 0.6 is 0 Å². The molecule has 0 radical (unpaired) electrons. The molecular weight excluding hydrogens is 232 g/mol. The van der Waals surface area contributed by atoms with Gasteiger partial charge < -0.3 is 10.0 Å². The van der Waals surface area contributed by atoms with Gasteiger partial charge in [0.2, 0.25) is 0 Å². The fraction of sp³-hybridized carbons (Fsp3) is 0.462. The summed E-state index contributed by atoms with van der Waals surface area (Å²) in [5.74, 6) is -1.65. The predicted molar refractivity (Wildman–Crippen MR) is 67.4 cm³/mol. The van der Waals surface area contributed by atoms with Crippen LogP contribution in [0, 0.1) is 5.92 Å². The summed E-state index contributed by atoms with van der Waals surface area (Å²) in [7, 11) is 1.61. The molecule has 18 heavy (non-hydrogen) atoms. The van der Waals surface area contributed by atoms with E-state index in [1.54, 1.807) is 32.4 Å². The number of nitrogens with zero attached hydrogens (tertiary/aromatic N) is 2. The van der Waals surface area contributed by atoms with Crippen LogP contribution in [-0.2, 0) is 11.2 Å². The van der Waals surface area contributed by atoms with Gasteiger partial charge in [-0.2, -0.15) is 0 Å². The molecule has 0 bridgehead atoms. The Bertz CT molecular complexity index is 446. The van der Waals surface area contributed by atoms with Gasteiger partial charge in [0.15, 0.2) is 0 Å². The maximum atomic E-state index is 12.2. The van der Waals surface area contributed by atoms with Crippen molar-refractivity contribution in [2.45, 2.75) is 20.3 Å². The van der Waals surface area contributed by atoms with Gasteiger partial charge in [-0.1, -0.05) is 13.8 Å². The van der Waals surface area contributed by atoms with Crippen LogP contribution in [0.1, 0.15) is 29.8 Å². The highest BCUT2D eigenvalue weighted by molar-refractivity contribution is 5.95. The number of rotatable bonds is 5. The number of hydrogen-bond acceptors (Lipinski definition) is 3. The van der Waals surface area contributed by atoms with Crippen LogP contribution in [0.15, 0.2) is 18.5 Å². The van der Waals surface area contributed by atoms with Crippen molar-refractivity contribution in [2.75, 3.05) is 13.6 Å². The highest BCUT2D eigenvalue weighted by Gasteiger charge is 2.19. The lowest BCUT2D eigenvalue weighted by molar-refractivity contribution is -0.141. The van der Waals surface area contributed by atoms with Crippen molar-refractivity contribution in [1.29, 1.82) is 0 Å². The minimum absolute atomic E-state index is 0.164. The Morgan fingerprint density at radius 1 is 1.50 bits per heavy atom. The third kappa shape index (κ3) is 3.29. The Kier molecular flexibility index (Phi) is 4.83. The fourth-order valence-corrected chi connectivity index (χ4v) is 1.69. The van der Waals surface area contributed by atoms with Gasteiger partial charge in [-0.3, -0.25) is 14.6 Å². The monoisotopic (exact) mass is 250 g/mol. The molecule has 0 saturated carbocycles. The van der Waals surface area contributed by atoms with Gasteiger partial charge in [0.25, 0.3) is 5.91 Å². The van der Waals surface area contributed by atoms with E-state index in [1.807, 2.05) is 6.92 Å². The average Bonchev–Trinajstić information content (AvgIpc) is 2.37. The summed E-state index contributed by atoms with van der Waals surface area (Å²) in [6, 6.07) is 1.67. The fourth-order valence-electron chi connectivity index (χ4n) is 1.69. The quantitative estimate of drug-likeness (QED) is 0.858. The molecule has 0 aromatic carbocycles. The van der Waals surface area contributed by atoms with E-state index in [9.17, 15) is 9.59 Å². The number of amides is 1. The number of carboxylic acid groups (broad SMARTS) is 1. The minimum Gasteiger partial charge on any atom is -0.481 e. The number of hydrogen-bond donors (Lipinski definition) is 1.